The summed E-state index contributed by atoms with van der Waals surface area (Å²) in [6.45, 7) is 1.48. The van der Waals surface area contributed by atoms with E-state index in [1.807, 2.05) is 0 Å². The summed E-state index contributed by atoms with van der Waals surface area (Å²) < 4.78 is 0. The van der Waals surface area contributed by atoms with Crippen LogP contribution in [-0.4, -0.2) is 28.6 Å². The van der Waals surface area contributed by atoms with Crippen LogP contribution in [0, 0.1) is 0 Å². The highest BCUT2D eigenvalue weighted by Gasteiger charge is 2.33. The number of rotatable bonds is 4. The van der Waals surface area contributed by atoms with Gasteiger partial charge in [-0.3, -0.25) is 14.4 Å². The molecule has 0 N–H and O–H groups in total. The highest BCUT2D eigenvalue weighted by molar-refractivity contribution is 6.02. The van der Waals surface area contributed by atoms with Crippen molar-refractivity contribution in [3.8, 4) is 0 Å². The molecule has 1 aliphatic heterocycles. The van der Waals surface area contributed by atoms with E-state index in [9.17, 15) is 19.2 Å². The molecule has 0 bridgehead atoms. The number of hydroxylamine groups is 2. The van der Waals surface area contributed by atoms with Crippen LogP contribution >= 0.6 is 0 Å². The lowest BCUT2D eigenvalue weighted by Gasteiger charge is -2.12. The van der Waals surface area contributed by atoms with Crippen molar-refractivity contribution in [2.75, 3.05) is 0 Å². The molecule has 1 heterocycles. The van der Waals surface area contributed by atoms with Gasteiger partial charge in [0.05, 0.1) is 5.56 Å². The average Bonchev–Trinajstić information content (AvgIpc) is 2.70. The van der Waals surface area contributed by atoms with Crippen LogP contribution in [0.2, 0.25) is 0 Å². The summed E-state index contributed by atoms with van der Waals surface area (Å²) in [6.07, 6.45) is 0.408. The monoisotopic (exact) mass is 275 g/mol. The average molecular weight is 275 g/mol. The quantitative estimate of drug-likeness (QED) is 0.767. The lowest BCUT2D eigenvalue weighted by atomic mass is 10.1. The van der Waals surface area contributed by atoms with Gasteiger partial charge in [-0.25, -0.2) is 4.79 Å². The van der Waals surface area contributed by atoms with Gasteiger partial charge in [0, 0.05) is 19.3 Å². The van der Waals surface area contributed by atoms with E-state index in [-0.39, 0.29) is 24.2 Å². The predicted molar refractivity (Wildman–Crippen MR) is 67.3 cm³/mol. The Balaban J connectivity index is 2.04. The first-order chi connectivity index (χ1) is 9.47. The summed E-state index contributed by atoms with van der Waals surface area (Å²) in [4.78, 5) is 50.2. The molecule has 6 heteroatoms. The van der Waals surface area contributed by atoms with E-state index in [2.05, 4.69) is 0 Å². The molecule has 1 aromatic rings. The number of hydrogen-bond acceptors (Lipinski definition) is 5. The lowest BCUT2D eigenvalue weighted by molar-refractivity contribution is -0.172. The van der Waals surface area contributed by atoms with Gasteiger partial charge < -0.3 is 4.84 Å². The Hall–Kier alpha value is -2.50. The van der Waals surface area contributed by atoms with Gasteiger partial charge in [-0.2, -0.15) is 0 Å². The lowest BCUT2D eigenvalue weighted by Crippen LogP contribution is -2.32. The Morgan fingerprint density at radius 3 is 2.15 bits per heavy atom. The van der Waals surface area contributed by atoms with Crippen LogP contribution in [0.5, 0.6) is 0 Å². The maximum Gasteiger partial charge on any atom is 0.363 e. The summed E-state index contributed by atoms with van der Waals surface area (Å²) in [7, 11) is 0. The Morgan fingerprint density at radius 2 is 1.65 bits per heavy atom. The third-order valence-corrected chi connectivity index (χ3v) is 2.82. The number of carbonyl (C=O) groups excluding carboxylic acids is 4. The smallest absolute Gasteiger partial charge is 0.325 e. The molecule has 0 saturated carbocycles. The molecule has 0 unspecified atom stereocenters. The topological polar surface area (TPSA) is 80.8 Å². The molecular weight excluding hydrogens is 262 g/mol. The first-order valence-corrected chi connectivity index (χ1v) is 6.14. The summed E-state index contributed by atoms with van der Waals surface area (Å²) in [5.74, 6) is -1.79. The van der Waals surface area contributed by atoms with Gasteiger partial charge in [0.1, 0.15) is 5.78 Å². The van der Waals surface area contributed by atoms with E-state index < -0.39 is 17.8 Å². The zero-order valence-electron chi connectivity index (χ0n) is 10.9. The molecule has 6 nitrogen and oxygen atoms in total. The van der Waals surface area contributed by atoms with Gasteiger partial charge in [0.2, 0.25) is 0 Å². The zero-order chi connectivity index (χ0) is 14.7. The van der Waals surface area contributed by atoms with Crippen LogP contribution in [0.3, 0.4) is 0 Å². The number of amides is 2. The van der Waals surface area contributed by atoms with E-state index in [1.165, 1.54) is 19.1 Å². The summed E-state index contributed by atoms with van der Waals surface area (Å²) >= 11 is 0. The standard InChI is InChI=1S/C14H13NO5/c1-9(16)8-10-2-4-11(5-3-10)14(19)20-15-12(17)6-7-13(15)18/h2-5H,6-8H2,1H3. The largest absolute Gasteiger partial charge is 0.363 e. The van der Waals surface area contributed by atoms with Crippen LogP contribution in [0.15, 0.2) is 24.3 Å². The fourth-order valence-electron chi connectivity index (χ4n) is 1.84. The number of nitrogens with zero attached hydrogens (tertiary/aromatic N) is 1. The first kappa shape index (κ1) is 13.9. The second-order valence-electron chi connectivity index (χ2n) is 4.54. The van der Waals surface area contributed by atoms with Crippen LogP contribution in [0.4, 0.5) is 0 Å². The number of hydrogen-bond donors (Lipinski definition) is 0. The van der Waals surface area contributed by atoms with Gasteiger partial charge in [-0.05, 0) is 24.6 Å². The number of carbonyl (C=O) groups is 4. The molecule has 20 heavy (non-hydrogen) atoms. The fourth-order valence-corrected chi connectivity index (χ4v) is 1.84. The number of imide groups is 1. The van der Waals surface area contributed by atoms with Crippen molar-refractivity contribution >= 4 is 23.6 Å². The van der Waals surface area contributed by atoms with Gasteiger partial charge >= 0.3 is 5.97 Å². The molecule has 104 valence electrons. The Labute approximate surface area is 115 Å². The zero-order valence-corrected chi connectivity index (χ0v) is 10.9. The molecule has 0 spiro atoms. The molecule has 0 radical (unpaired) electrons. The van der Waals surface area contributed by atoms with Gasteiger partial charge in [0.15, 0.2) is 0 Å². The van der Waals surface area contributed by atoms with Gasteiger partial charge in [0.25, 0.3) is 11.8 Å². The first-order valence-electron chi connectivity index (χ1n) is 6.14. The molecule has 2 rings (SSSR count). The van der Waals surface area contributed by atoms with E-state index in [0.717, 1.165) is 5.56 Å². The minimum atomic E-state index is -0.775. The molecule has 0 atom stereocenters. The van der Waals surface area contributed by atoms with Crippen LogP contribution < -0.4 is 0 Å². The predicted octanol–water partition coefficient (Wildman–Crippen LogP) is 1.04. The summed E-state index contributed by atoms with van der Waals surface area (Å²) in [6, 6.07) is 6.24. The van der Waals surface area contributed by atoms with E-state index in [0.29, 0.717) is 11.5 Å². The molecular formula is C14H13NO5. The second-order valence-corrected chi connectivity index (χ2v) is 4.54. The summed E-state index contributed by atoms with van der Waals surface area (Å²) in [5.41, 5.74) is 0.993. The molecule has 1 saturated heterocycles. The maximum absolute atomic E-state index is 11.8. The van der Waals surface area contributed by atoms with Crippen LogP contribution in [-0.2, 0) is 25.6 Å². The second kappa shape index (κ2) is 5.64. The minimum Gasteiger partial charge on any atom is -0.325 e. The van der Waals surface area contributed by atoms with Crippen molar-refractivity contribution in [3.63, 3.8) is 0 Å². The molecule has 1 aromatic carbocycles. The van der Waals surface area contributed by atoms with Crippen molar-refractivity contribution in [1.82, 2.24) is 5.06 Å². The normalized spacial score (nSPS) is 14.6. The van der Waals surface area contributed by atoms with Crippen LogP contribution in [0.25, 0.3) is 0 Å². The molecule has 0 aromatic heterocycles. The molecule has 0 aliphatic carbocycles. The fraction of sp³-hybridized carbons (Fsp3) is 0.286. The van der Waals surface area contributed by atoms with Gasteiger partial charge in [-0.1, -0.05) is 12.1 Å². The van der Waals surface area contributed by atoms with Crippen LogP contribution in [0.1, 0.15) is 35.7 Å². The highest BCUT2D eigenvalue weighted by Crippen LogP contribution is 2.14. The molecule has 2 amide bonds. The van der Waals surface area contributed by atoms with Crippen molar-refractivity contribution in [3.05, 3.63) is 35.4 Å². The van der Waals surface area contributed by atoms with Crippen molar-refractivity contribution < 1.29 is 24.0 Å². The highest BCUT2D eigenvalue weighted by atomic mass is 16.7. The van der Waals surface area contributed by atoms with E-state index >= 15 is 0 Å². The van der Waals surface area contributed by atoms with E-state index in [4.69, 9.17) is 4.84 Å². The maximum atomic E-state index is 11.8. The Morgan fingerprint density at radius 1 is 1.10 bits per heavy atom. The molecule has 1 fully saturated rings. The SMILES string of the molecule is CC(=O)Cc1ccc(C(=O)ON2C(=O)CCC2=O)cc1. The third-order valence-electron chi connectivity index (χ3n) is 2.82. The van der Waals surface area contributed by atoms with E-state index in [1.54, 1.807) is 12.1 Å². The number of ketones is 1. The van der Waals surface area contributed by atoms with Crippen molar-refractivity contribution in [2.24, 2.45) is 0 Å². The van der Waals surface area contributed by atoms with Crippen molar-refractivity contribution in [1.29, 1.82) is 0 Å². The molecule has 1 aliphatic rings. The number of Topliss-reactive ketones (excluding diaryl/α,β-unsaturated/α-hetero) is 1. The summed E-state index contributed by atoms with van der Waals surface area (Å²) in [5, 5.41) is 0.506. The van der Waals surface area contributed by atoms with Gasteiger partial charge in [-0.15, -0.1) is 5.06 Å². The minimum absolute atomic E-state index is 0.0218. The third kappa shape index (κ3) is 3.09. The van der Waals surface area contributed by atoms with Crippen molar-refractivity contribution in [2.45, 2.75) is 26.2 Å². The Kier molecular flexibility index (Phi) is 3.93. The Bertz CT molecular complexity index is 560. The number of benzene rings is 1.